The minimum atomic E-state index is -0.850. The molecule has 214 valence electrons. The topological polar surface area (TPSA) is 138 Å². The number of ether oxygens (including phenoxy) is 1. The van der Waals surface area contributed by atoms with E-state index in [0.717, 1.165) is 24.1 Å². The molecule has 3 aromatic rings. The molecule has 1 atom stereocenters. The van der Waals surface area contributed by atoms with Gasteiger partial charge in [0.2, 0.25) is 5.91 Å². The number of carbonyl (C=O) groups excluding carboxylic acids is 2. The number of benzene rings is 2. The summed E-state index contributed by atoms with van der Waals surface area (Å²) in [4.78, 5) is 42.1. The van der Waals surface area contributed by atoms with E-state index >= 15 is 0 Å². The van der Waals surface area contributed by atoms with Gasteiger partial charge in [-0.25, -0.2) is 9.78 Å². The van der Waals surface area contributed by atoms with Gasteiger partial charge in [-0.2, -0.15) is 0 Å². The molecule has 0 aliphatic carbocycles. The third-order valence-corrected chi connectivity index (χ3v) is 6.47. The summed E-state index contributed by atoms with van der Waals surface area (Å²) in [6.45, 7) is 5.86. The third kappa shape index (κ3) is 9.73. The van der Waals surface area contributed by atoms with Gasteiger partial charge in [0, 0.05) is 44.6 Å². The van der Waals surface area contributed by atoms with E-state index in [0.29, 0.717) is 43.2 Å². The fourth-order valence-corrected chi connectivity index (χ4v) is 4.38. The number of aliphatic carboxylic acids is 1. The number of aromatic nitrogens is 2. The first-order valence-corrected chi connectivity index (χ1v) is 13.2. The molecule has 1 heterocycles. The second-order valence-corrected chi connectivity index (χ2v) is 9.53. The van der Waals surface area contributed by atoms with Crippen LogP contribution in [0.1, 0.15) is 43.4 Å². The maximum atomic E-state index is 12.6. The standard InChI is InChI=1S/C29H38N6O5/c1-21-7-4-5-8-24(21)32-29(39)33-26-10-9-23(19-27(26)40-3)25(31-22(2)36)11-16-34(17-12-28(37)38)14-6-15-35-18-13-30-20-35/h4-5,7-10,13,18-20,25H,6,11-12,14-17H2,1-3H3,(H,31,36)(H,37,38)(H2,32,33,39). The van der Waals surface area contributed by atoms with Crippen LogP contribution in [0.2, 0.25) is 0 Å². The summed E-state index contributed by atoms with van der Waals surface area (Å²) in [5.74, 6) is -0.575. The van der Waals surface area contributed by atoms with Gasteiger partial charge in [-0.3, -0.25) is 9.59 Å². The van der Waals surface area contributed by atoms with Crippen molar-refractivity contribution in [3.8, 4) is 5.75 Å². The monoisotopic (exact) mass is 550 g/mol. The van der Waals surface area contributed by atoms with Gasteiger partial charge in [0.15, 0.2) is 0 Å². The smallest absolute Gasteiger partial charge is 0.323 e. The normalized spacial score (nSPS) is 11.6. The van der Waals surface area contributed by atoms with Crippen LogP contribution in [0.3, 0.4) is 0 Å². The van der Waals surface area contributed by atoms with E-state index in [9.17, 15) is 19.5 Å². The highest BCUT2D eigenvalue weighted by Crippen LogP contribution is 2.30. The second kappa shape index (κ2) is 15.3. The first-order valence-electron chi connectivity index (χ1n) is 13.2. The van der Waals surface area contributed by atoms with Gasteiger partial charge >= 0.3 is 12.0 Å². The van der Waals surface area contributed by atoms with Crippen LogP contribution in [-0.2, 0) is 16.1 Å². The molecule has 3 amide bonds. The molecule has 11 heteroatoms. The van der Waals surface area contributed by atoms with Crippen molar-refractivity contribution >= 4 is 29.3 Å². The molecule has 1 unspecified atom stereocenters. The molecule has 0 spiro atoms. The number of methoxy groups -OCH3 is 1. The van der Waals surface area contributed by atoms with Crippen molar-refractivity contribution in [3.05, 3.63) is 72.3 Å². The lowest BCUT2D eigenvalue weighted by Crippen LogP contribution is -2.33. The Morgan fingerprint density at radius 2 is 1.85 bits per heavy atom. The molecule has 4 N–H and O–H groups in total. The Kier molecular flexibility index (Phi) is 11.5. The lowest BCUT2D eigenvalue weighted by atomic mass is 10.0. The lowest BCUT2D eigenvalue weighted by Gasteiger charge is -2.26. The summed E-state index contributed by atoms with van der Waals surface area (Å²) in [5.41, 5.74) is 2.95. The first-order chi connectivity index (χ1) is 19.2. The molecule has 3 rings (SSSR count). The molecule has 0 saturated heterocycles. The van der Waals surface area contributed by atoms with Crippen LogP contribution in [0.15, 0.2) is 61.2 Å². The summed E-state index contributed by atoms with van der Waals surface area (Å²) >= 11 is 0. The molecule has 2 aromatic carbocycles. The van der Waals surface area contributed by atoms with Gasteiger partial charge < -0.3 is 35.3 Å². The maximum absolute atomic E-state index is 12.6. The van der Waals surface area contributed by atoms with Crippen LogP contribution >= 0.6 is 0 Å². The average Bonchev–Trinajstić information content (AvgIpc) is 3.44. The highest BCUT2D eigenvalue weighted by atomic mass is 16.5. The van der Waals surface area contributed by atoms with E-state index in [2.05, 4.69) is 25.8 Å². The van der Waals surface area contributed by atoms with Crippen molar-refractivity contribution in [2.24, 2.45) is 0 Å². The maximum Gasteiger partial charge on any atom is 0.323 e. The zero-order valence-corrected chi connectivity index (χ0v) is 23.2. The Bertz CT molecular complexity index is 1260. The minimum Gasteiger partial charge on any atom is -0.495 e. The number of nitrogens with one attached hydrogen (secondary N) is 3. The molecule has 0 saturated carbocycles. The van der Waals surface area contributed by atoms with Crippen LogP contribution in [-0.4, -0.2) is 64.2 Å². The summed E-state index contributed by atoms with van der Waals surface area (Å²) in [7, 11) is 1.52. The fraction of sp³-hybridized carbons (Fsp3) is 0.379. The molecule has 0 fully saturated rings. The van der Waals surface area contributed by atoms with Crippen molar-refractivity contribution < 1.29 is 24.2 Å². The van der Waals surface area contributed by atoms with Gasteiger partial charge in [0.25, 0.3) is 0 Å². The predicted molar refractivity (Wildman–Crippen MR) is 154 cm³/mol. The number of hydrogen-bond acceptors (Lipinski definition) is 6. The summed E-state index contributed by atoms with van der Waals surface area (Å²) in [6, 6.07) is 12.1. The van der Waals surface area contributed by atoms with Crippen LogP contribution in [0, 0.1) is 6.92 Å². The SMILES string of the molecule is COc1cc(C(CCN(CCCn2ccnc2)CCC(=O)O)NC(C)=O)ccc1NC(=O)Nc1ccccc1C. The highest BCUT2D eigenvalue weighted by Gasteiger charge is 2.18. The molecule has 0 bridgehead atoms. The molecular weight excluding hydrogens is 512 g/mol. The van der Waals surface area contributed by atoms with Crippen LogP contribution in [0.5, 0.6) is 5.75 Å². The van der Waals surface area contributed by atoms with Crippen LogP contribution in [0.4, 0.5) is 16.2 Å². The molecule has 0 radical (unpaired) electrons. The molecular formula is C29H38N6O5. The molecule has 1 aromatic heterocycles. The van der Waals surface area contributed by atoms with Gasteiger partial charge in [0.1, 0.15) is 5.75 Å². The zero-order valence-electron chi connectivity index (χ0n) is 23.2. The largest absolute Gasteiger partial charge is 0.495 e. The second-order valence-electron chi connectivity index (χ2n) is 9.53. The number of amides is 3. The Hall–Kier alpha value is -4.38. The van der Waals surface area contributed by atoms with Crippen LogP contribution in [0.25, 0.3) is 0 Å². The van der Waals surface area contributed by atoms with Gasteiger partial charge in [-0.05, 0) is 55.6 Å². The van der Waals surface area contributed by atoms with E-state index in [-0.39, 0.29) is 18.4 Å². The minimum absolute atomic E-state index is 0.0363. The number of anilines is 2. The van der Waals surface area contributed by atoms with E-state index in [1.165, 1.54) is 14.0 Å². The summed E-state index contributed by atoms with van der Waals surface area (Å²) in [6.07, 6.45) is 6.81. The number of carboxylic acids is 1. The Balaban J connectivity index is 1.68. The van der Waals surface area contributed by atoms with Crippen molar-refractivity contribution in [3.63, 3.8) is 0 Å². The molecule has 40 heavy (non-hydrogen) atoms. The summed E-state index contributed by atoms with van der Waals surface area (Å²) in [5, 5.41) is 17.9. The van der Waals surface area contributed by atoms with E-state index in [4.69, 9.17) is 4.74 Å². The van der Waals surface area contributed by atoms with Gasteiger partial charge in [-0.1, -0.05) is 24.3 Å². The van der Waals surface area contributed by atoms with Gasteiger partial charge in [0.05, 0.1) is 31.6 Å². The Labute approximate surface area is 234 Å². The molecule has 0 aliphatic heterocycles. The zero-order chi connectivity index (χ0) is 28.9. The quantitative estimate of drug-likeness (QED) is 0.222. The number of hydrogen-bond donors (Lipinski definition) is 4. The number of rotatable bonds is 15. The van der Waals surface area contributed by atoms with E-state index < -0.39 is 12.0 Å². The number of carbonyl (C=O) groups is 3. The summed E-state index contributed by atoms with van der Waals surface area (Å²) < 4.78 is 7.54. The van der Waals surface area contributed by atoms with Crippen LogP contribution < -0.4 is 20.7 Å². The first kappa shape index (κ1) is 30.2. The highest BCUT2D eigenvalue weighted by molar-refractivity contribution is 6.01. The van der Waals surface area contributed by atoms with E-state index in [1.54, 1.807) is 24.7 Å². The number of carboxylic acid groups (broad SMARTS) is 1. The lowest BCUT2D eigenvalue weighted by molar-refractivity contribution is -0.137. The van der Waals surface area contributed by atoms with Crippen molar-refractivity contribution in [2.45, 2.75) is 45.7 Å². The Morgan fingerprint density at radius 1 is 1.07 bits per heavy atom. The number of para-hydroxylation sites is 1. The van der Waals surface area contributed by atoms with E-state index in [1.807, 2.05) is 48.0 Å². The molecule has 11 nitrogen and oxygen atoms in total. The number of aryl methyl sites for hydroxylation is 2. The average molecular weight is 551 g/mol. The van der Waals surface area contributed by atoms with Crippen molar-refractivity contribution in [2.75, 3.05) is 37.4 Å². The van der Waals surface area contributed by atoms with Crippen molar-refractivity contribution in [1.82, 2.24) is 19.8 Å². The third-order valence-electron chi connectivity index (χ3n) is 6.47. The Morgan fingerprint density at radius 3 is 2.52 bits per heavy atom. The van der Waals surface area contributed by atoms with Gasteiger partial charge in [-0.15, -0.1) is 0 Å². The van der Waals surface area contributed by atoms with Crippen molar-refractivity contribution in [1.29, 1.82) is 0 Å². The number of nitrogens with zero attached hydrogens (tertiary/aromatic N) is 3. The predicted octanol–water partition coefficient (Wildman–Crippen LogP) is 4.28. The fourth-order valence-electron chi connectivity index (χ4n) is 4.38. The molecule has 0 aliphatic rings. The number of urea groups is 1. The number of imidazole rings is 1.